The van der Waals surface area contributed by atoms with Crippen LogP contribution in [0.1, 0.15) is 25.7 Å². The van der Waals surface area contributed by atoms with Crippen molar-refractivity contribution in [1.29, 1.82) is 0 Å². The van der Waals surface area contributed by atoms with Crippen molar-refractivity contribution >= 4 is 22.6 Å². The quantitative estimate of drug-likeness (QED) is 0.913. The van der Waals surface area contributed by atoms with Crippen LogP contribution in [0.15, 0.2) is 30.5 Å². The number of carbonyl (C=O) groups excluding carboxylic acids is 1. The molecule has 2 amide bonds. The predicted molar refractivity (Wildman–Crippen MR) is 101 cm³/mol. The number of fused-ring (bicyclic) bond motifs is 1. The number of anilines is 1. The molecule has 0 aliphatic carbocycles. The Balaban J connectivity index is 1.29. The molecule has 2 aliphatic rings. The second-order valence-corrected chi connectivity index (χ2v) is 7.25. The predicted octanol–water partition coefficient (Wildman–Crippen LogP) is 3.37. The molecule has 4 rings (SSSR count). The van der Waals surface area contributed by atoms with E-state index in [4.69, 9.17) is 9.47 Å². The number of benzene rings is 1. The Labute approximate surface area is 154 Å². The number of hydrogen-bond acceptors (Lipinski definition) is 3. The largest absolute Gasteiger partial charge is 0.376 e. The van der Waals surface area contributed by atoms with Gasteiger partial charge in [-0.1, -0.05) is 6.07 Å². The fraction of sp³-hybridized carbons (Fsp3) is 0.550. The number of aromatic nitrogens is 1. The highest BCUT2D eigenvalue weighted by atomic mass is 16.5. The van der Waals surface area contributed by atoms with Crippen LogP contribution in [0.4, 0.5) is 10.5 Å². The highest BCUT2D eigenvalue weighted by Gasteiger charge is 2.25. The Morgan fingerprint density at radius 3 is 2.88 bits per heavy atom. The zero-order chi connectivity index (χ0) is 17.9. The lowest BCUT2D eigenvalue weighted by molar-refractivity contribution is -0.0377. The molecular weight excluding hydrogens is 330 g/mol. The molecule has 1 atom stereocenters. The maximum atomic E-state index is 12.6. The molecule has 0 bridgehead atoms. The number of hydrogen-bond donors (Lipinski definition) is 1. The minimum atomic E-state index is -0.0288. The Hall–Kier alpha value is -2.05. The van der Waals surface area contributed by atoms with Gasteiger partial charge in [-0.25, -0.2) is 4.79 Å². The van der Waals surface area contributed by atoms with Crippen LogP contribution in [-0.4, -0.2) is 54.0 Å². The third-order valence-electron chi connectivity index (χ3n) is 5.44. The number of rotatable bonds is 4. The second kappa shape index (κ2) is 7.68. The minimum absolute atomic E-state index is 0.0288. The van der Waals surface area contributed by atoms with E-state index in [1.165, 1.54) is 0 Å². The summed E-state index contributed by atoms with van der Waals surface area (Å²) in [5.74, 6) is 0. The molecule has 0 spiro atoms. The van der Waals surface area contributed by atoms with Gasteiger partial charge in [0.25, 0.3) is 0 Å². The molecule has 140 valence electrons. The molecule has 26 heavy (non-hydrogen) atoms. The molecule has 3 heterocycles. The van der Waals surface area contributed by atoms with Gasteiger partial charge >= 0.3 is 6.03 Å². The Kier molecular flexibility index (Phi) is 5.13. The third-order valence-corrected chi connectivity index (χ3v) is 5.44. The summed E-state index contributed by atoms with van der Waals surface area (Å²) in [6.07, 6.45) is 6.53. The van der Waals surface area contributed by atoms with Gasteiger partial charge in [-0.05, 0) is 43.9 Å². The van der Waals surface area contributed by atoms with Crippen molar-refractivity contribution in [3.8, 4) is 0 Å². The third kappa shape index (κ3) is 3.71. The molecule has 6 heteroatoms. The Morgan fingerprint density at radius 1 is 1.27 bits per heavy atom. The van der Waals surface area contributed by atoms with Crippen LogP contribution in [0.3, 0.4) is 0 Å². The molecule has 2 saturated heterocycles. The fourth-order valence-corrected chi connectivity index (χ4v) is 3.85. The van der Waals surface area contributed by atoms with E-state index in [-0.39, 0.29) is 18.2 Å². The summed E-state index contributed by atoms with van der Waals surface area (Å²) >= 11 is 0. The molecular formula is C20H27N3O3. The van der Waals surface area contributed by atoms with Gasteiger partial charge in [0.05, 0.1) is 24.5 Å². The first-order chi connectivity index (χ1) is 12.7. The van der Waals surface area contributed by atoms with Gasteiger partial charge in [0, 0.05) is 43.8 Å². The van der Waals surface area contributed by atoms with Gasteiger partial charge in [-0.2, -0.15) is 0 Å². The maximum Gasteiger partial charge on any atom is 0.321 e. The van der Waals surface area contributed by atoms with Crippen molar-refractivity contribution in [1.82, 2.24) is 9.47 Å². The van der Waals surface area contributed by atoms with E-state index in [1.807, 2.05) is 36.3 Å². The SMILES string of the molecule is Cn1ccc2c(NC(=O)N3CCC(OC[C@@H]4CCCO4)CC3)cccc21. The zero-order valence-electron chi connectivity index (χ0n) is 15.3. The fourth-order valence-electron chi connectivity index (χ4n) is 3.85. The molecule has 1 N–H and O–H groups in total. The zero-order valence-corrected chi connectivity index (χ0v) is 15.3. The van der Waals surface area contributed by atoms with E-state index in [2.05, 4.69) is 16.0 Å². The lowest BCUT2D eigenvalue weighted by Gasteiger charge is -2.32. The van der Waals surface area contributed by atoms with Crippen LogP contribution in [0.2, 0.25) is 0 Å². The molecule has 1 aromatic carbocycles. The molecule has 0 unspecified atom stereocenters. The number of nitrogens with zero attached hydrogens (tertiary/aromatic N) is 2. The Bertz CT molecular complexity index is 759. The molecule has 2 fully saturated rings. The summed E-state index contributed by atoms with van der Waals surface area (Å²) in [6.45, 7) is 3.01. The lowest BCUT2D eigenvalue weighted by Crippen LogP contribution is -2.43. The normalized spacial score (nSPS) is 21.4. The summed E-state index contributed by atoms with van der Waals surface area (Å²) < 4.78 is 13.7. The standard InChI is InChI=1S/C20H27N3O3/c1-22-10-9-17-18(5-2-6-19(17)22)21-20(24)23-11-7-15(8-12-23)26-14-16-4-3-13-25-16/h2,5-6,9-10,15-16H,3-4,7-8,11-14H2,1H3,(H,21,24)/t16-/m0/s1. The minimum Gasteiger partial charge on any atom is -0.376 e. The first-order valence-corrected chi connectivity index (χ1v) is 9.54. The van der Waals surface area contributed by atoms with Crippen LogP contribution >= 0.6 is 0 Å². The smallest absolute Gasteiger partial charge is 0.321 e. The van der Waals surface area contributed by atoms with E-state index in [9.17, 15) is 4.79 Å². The topological polar surface area (TPSA) is 55.7 Å². The first kappa shape index (κ1) is 17.4. The summed E-state index contributed by atoms with van der Waals surface area (Å²) in [4.78, 5) is 14.5. The van der Waals surface area contributed by atoms with Crippen molar-refractivity contribution < 1.29 is 14.3 Å². The molecule has 1 aromatic heterocycles. The number of ether oxygens (including phenoxy) is 2. The molecule has 0 radical (unpaired) electrons. The van der Waals surface area contributed by atoms with Crippen molar-refractivity contribution in [2.24, 2.45) is 7.05 Å². The average Bonchev–Trinajstić information content (AvgIpc) is 3.31. The number of carbonyl (C=O) groups is 1. The molecule has 6 nitrogen and oxygen atoms in total. The summed E-state index contributed by atoms with van der Waals surface area (Å²) in [6, 6.07) is 8.00. The van der Waals surface area contributed by atoms with Gasteiger partial charge in [-0.3, -0.25) is 0 Å². The lowest BCUT2D eigenvalue weighted by atomic mass is 10.1. The van der Waals surface area contributed by atoms with Gasteiger partial charge < -0.3 is 24.3 Å². The maximum absolute atomic E-state index is 12.6. The number of piperidine rings is 1. The molecule has 2 aromatic rings. The summed E-state index contributed by atoms with van der Waals surface area (Å²) in [5.41, 5.74) is 1.98. The van der Waals surface area contributed by atoms with Crippen LogP contribution < -0.4 is 5.32 Å². The first-order valence-electron chi connectivity index (χ1n) is 9.54. The number of aryl methyl sites for hydroxylation is 1. The van der Waals surface area contributed by atoms with E-state index < -0.39 is 0 Å². The van der Waals surface area contributed by atoms with Crippen LogP contribution in [0.5, 0.6) is 0 Å². The number of likely N-dealkylation sites (tertiary alicyclic amines) is 1. The average molecular weight is 357 g/mol. The van der Waals surface area contributed by atoms with Crippen LogP contribution in [-0.2, 0) is 16.5 Å². The Morgan fingerprint density at radius 2 is 2.12 bits per heavy atom. The van der Waals surface area contributed by atoms with Gasteiger partial charge in [0.15, 0.2) is 0 Å². The van der Waals surface area contributed by atoms with Crippen molar-refractivity contribution in [2.45, 2.75) is 37.9 Å². The summed E-state index contributed by atoms with van der Waals surface area (Å²) in [5, 5.41) is 4.14. The monoisotopic (exact) mass is 357 g/mol. The van der Waals surface area contributed by atoms with Gasteiger partial charge in [-0.15, -0.1) is 0 Å². The van der Waals surface area contributed by atoms with E-state index in [0.717, 1.165) is 62.0 Å². The highest BCUT2D eigenvalue weighted by molar-refractivity contribution is 6.00. The van der Waals surface area contributed by atoms with Crippen molar-refractivity contribution in [2.75, 3.05) is 31.6 Å². The number of urea groups is 1. The van der Waals surface area contributed by atoms with Crippen molar-refractivity contribution in [3.05, 3.63) is 30.5 Å². The van der Waals surface area contributed by atoms with Crippen molar-refractivity contribution in [3.63, 3.8) is 0 Å². The number of amides is 2. The summed E-state index contributed by atoms with van der Waals surface area (Å²) in [7, 11) is 2.01. The van der Waals surface area contributed by atoms with E-state index in [0.29, 0.717) is 6.61 Å². The van der Waals surface area contributed by atoms with Gasteiger partial charge in [0.2, 0.25) is 0 Å². The molecule has 0 saturated carbocycles. The highest BCUT2D eigenvalue weighted by Crippen LogP contribution is 2.25. The van der Waals surface area contributed by atoms with E-state index in [1.54, 1.807) is 0 Å². The van der Waals surface area contributed by atoms with Crippen LogP contribution in [0, 0.1) is 0 Å². The molecule has 2 aliphatic heterocycles. The van der Waals surface area contributed by atoms with Crippen LogP contribution in [0.25, 0.3) is 10.9 Å². The second-order valence-electron chi connectivity index (χ2n) is 7.25. The van der Waals surface area contributed by atoms with Gasteiger partial charge in [0.1, 0.15) is 0 Å². The van der Waals surface area contributed by atoms with E-state index >= 15 is 0 Å². The number of nitrogens with one attached hydrogen (secondary N) is 1.